The maximum Gasteiger partial charge on any atom is 0.451 e. The van der Waals surface area contributed by atoms with E-state index in [2.05, 4.69) is 25.7 Å². The minimum absolute atomic E-state index is 0.0403. The second kappa shape index (κ2) is 5.95. The van der Waals surface area contributed by atoms with E-state index in [0.717, 1.165) is 0 Å². The van der Waals surface area contributed by atoms with Crippen molar-refractivity contribution < 1.29 is 17.6 Å². The molecule has 2 rings (SSSR count). The topological polar surface area (TPSA) is 102 Å². The first kappa shape index (κ1) is 15.0. The fourth-order valence-corrected chi connectivity index (χ4v) is 1.50. The number of nitrogens with zero attached hydrogens (tertiary/aromatic N) is 3. The fraction of sp³-hybridized carbons (Fsp3) is 0.364. The third-order valence-corrected chi connectivity index (χ3v) is 2.50. The fourth-order valence-electron chi connectivity index (χ4n) is 1.50. The van der Waals surface area contributed by atoms with Gasteiger partial charge >= 0.3 is 6.18 Å². The summed E-state index contributed by atoms with van der Waals surface area (Å²) in [6.45, 7) is 2.00. The summed E-state index contributed by atoms with van der Waals surface area (Å²) in [5, 5.41) is 2.68. The van der Waals surface area contributed by atoms with Gasteiger partial charge in [0.25, 0.3) is 0 Å². The molecule has 4 N–H and O–H groups in total. The van der Waals surface area contributed by atoms with Gasteiger partial charge in [-0.3, -0.25) is 0 Å². The number of nitrogen functional groups attached to an aromatic ring is 1. The summed E-state index contributed by atoms with van der Waals surface area (Å²) in [4.78, 5) is 10.6. The normalized spacial score (nSPS) is 11.5. The van der Waals surface area contributed by atoms with Gasteiger partial charge in [0.1, 0.15) is 17.4 Å². The molecule has 0 bridgehead atoms. The molecule has 0 unspecified atom stereocenters. The Morgan fingerprint density at radius 2 is 2.00 bits per heavy atom. The van der Waals surface area contributed by atoms with E-state index >= 15 is 0 Å². The lowest BCUT2D eigenvalue weighted by Gasteiger charge is -2.10. The van der Waals surface area contributed by atoms with E-state index in [0.29, 0.717) is 18.1 Å². The van der Waals surface area contributed by atoms with Crippen LogP contribution in [0.1, 0.15) is 24.4 Å². The molecule has 0 fully saturated rings. The quantitative estimate of drug-likeness (QED) is 0.573. The Bertz CT molecular complexity index is 612. The van der Waals surface area contributed by atoms with Crippen LogP contribution in [0.3, 0.4) is 0 Å². The van der Waals surface area contributed by atoms with E-state index in [4.69, 9.17) is 10.3 Å². The van der Waals surface area contributed by atoms with Crippen LogP contribution >= 0.6 is 0 Å². The third kappa shape index (κ3) is 3.81. The zero-order valence-electron chi connectivity index (χ0n) is 11.0. The number of nitrogens with two attached hydrogens (primary N) is 1. The van der Waals surface area contributed by atoms with Crippen molar-refractivity contribution in [3.63, 3.8) is 0 Å². The molecule has 0 aromatic carbocycles. The van der Waals surface area contributed by atoms with E-state index in [1.807, 2.05) is 6.92 Å². The van der Waals surface area contributed by atoms with Crippen molar-refractivity contribution in [2.24, 2.45) is 5.84 Å². The van der Waals surface area contributed by atoms with Crippen LogP contribution in [-0.2, 0) is 19.1 Å². The first-order chi connectivity index (χ1) is 9.92. The molecule has 0 aliphatic carbocycles. The molecule has 0 saturated carbocycles. The SMILES string of the molecule is CCc1cnc(CNc2cc(NN)nc(C(F)(F)F)n2)o1. The Morgan fingerprint density at radius 1 is 1.29 bits per heavy atom. The lowest BCUT2D eigenvalue weighted by atomic mass is 10.4. The number of aryl methyl sites for hydroxylation is 1. The molecule has 2 aromatic heterocycles. The lowest BCUT2D eigenvalue weighted by Crippen LogP contribution is -2.17. The van der Waals surface area contributed by atoms with Crippen LogP contribution in [0, 0.1) is 0 Å². The number of alkyl halides is 3. The van der Waals surface area contributed by atoms with Gasteiger partial charge in [-0.2, -0.15) is 13.2 Å². The highest BCUT2D eigenvalue weighted by Gasteiger charge is 2.35. The van der Waals surface area contributed by atoms with Gasteiger partial charge in [0.05, 0.1) is 12.7 Å². The van der Waals surface area contributed by atoms with E-state index in [1.165, 1.54) is 6.07 Å². The molecule has 2 heterocycles. The second-order valence-electron chi connectivity index (χ2n) is 4.03. The van der Waals surface area contributed by atoms with Crippen molar-refractivity contribution in [3.8, 4) is 0 Å². The summed E-state index contributed by atoms with van der Waals surface area (Å²) in [6, 6.07) is 1.25. The molecule has 7 nitrogen and oxygen atoms in total. The van der Waals surface area contributed by atoms with Crippen molar-refractivity contribution in [3.05, 3.63) is 29.7 Å². The lowest BCUT2D eigenvalue weighted by molar-refractivity contribution is -0.144. The van der Waals surface area contributed by atoms with Crippen LogP contribution in [0.5, 0.6) is 0 Å². The summed E-state index contributed by atoms with van der Waals surface area (Å²) in [6.07, 6.45) is -2.42. The molecule has 0 aliphatic rings. The highest BCUT2D eigenvalue weighted by molar-refractivity contribution is 5.47. The summed E-state index contributed by atoms with van der Waals surface area (Å²) in [5.74, 6) is 4.65. The van der Waals surface area contributed by atoms with E-state index < -0.39 is 12.0 Å². The smallest absolute Gasteiger partial charge is 0.444 e. The zero-order valence-corrected chi connectivity index (χ0v) is 11.0. The predicted molar refractivity (Wildman–Crippen MR) is 68.1 cm³/mol. The van der Waals surface area contributed by atoms with Gasteiger partial charge in [-0.25, -0.2) is 20.8 Å². The van der Waals surface area contributed by atoms with Crippen LogP contribution in [0.25, 0.3) is 0 Å². The number of hydrogen-bond acceptors (Lipinski definition) is 7. The van der Waals surface area contributed by atoms with Crippen molar-refractivity contribution in [1.29, 1.82) is 0 Å². The molecule has 2 aromatic rings. The molecule has 0 aliphatic heterocycles. The first-order valence-electron chi connectivity index (χ1n) is 6.02. The van der Waals surface area contributed by atoms with Gasteiger partial charge < -0.3 is 15.2 Å². The van der Waals surface area contributed by atoms with E-state index in [-0.39, 0.29) is 18.2 Å². The monoisotopic (exact) mass is 302 g/mol. The summed E-state index contributed by atoms with van der Waals surface area (Å²) >= 11 is 0. The van der Waals surface area contributed by atoms with Crippen LogP contribution in [-0.4, -0.2) is 15.0 Å². The average Bonchev–Trinajstić information content (AvgIpc) is 2.92. The van der Waals surface area contributed by atoms with Crippen molar-refractivity contribution in [2.45, 2.75) is 26.1 Å². The van der Waals surface area contributed by atoms with Crippen molar-refractivity contribution in [2.75, 3.05) is 10.7 Å². The number of hydrogen-bond donors (Lipinski definition) is 3. The number of anilines is 2. The molecule has 0 atom stereocenters. The maximum absolute atomic E-state index is 12.6. The molecule has 0 saturated heterocycles. The number of nitrogens with one attached hydrogen (secondary N) is 2. The number of hydrazine groups is 1. The third-order valence-electron chi connectivity index (χ3n) is 2.50. The molecule has 114 valence electrons. The van der Waals surface area contributed by atoms with Crippen LogP contribution in [0.15, 0.2) is 16.7 Å². The molecule has 0 amide bonds. The Hall–Kier alpha value is -2.36. The first-order valence-corrected chi connectivity index (χ1v) is 6.02. The largest absolute Gasteiger partial charge is 0.451 e. The summed E-state index contributed by atoms with van der Waals surface area (Å²) < 4.78 is 43.3. The van der Waals surface area contributed by atoms with Gasteiger partial charge in [-0.05, 0) is 0 Å². The van der Waals surface area contributed by atoms with Gasteiger partial charge in [0, 0.05) is 12.5 Å². The number of halogens is 3. The predicted octanol–water partition coefficient (Wildman–Crippen LogP) is 1.94. The number of rotatable bonds is 5. The molecule has 21 heavy (non-hydrogen) atoms. The minimum atomic E-state index is -4.67. The highest BCUT2D eigenvalue weighted by atomic mass is 19.4. The number of aromatic nitrogens is 3. The Balaban J connectivity index is 2.15. The Kier molecular flexibility index (Phi) is 4.26. The molecule has 0 spiro atoms. The Labute approximate surface area is 117 Å². The maximum atomic E-state index is 12.6. The highest BCUT2D eigenvalue weighted by Crippen LogP contribution is 2.28. The van der Waals surface area contributed by atoms with E-state index in [9.17, 15) is 13.2 Å². The van der Waals surface area contributed by atoms with Gasteiger partial charge in [0.2, 0.25) is 11.7 Å². The Morgan fingerprint density at radius 3 is 2.57 bits per heavy atom. The second-order valence-corrected chi connectivity index (χ2v) is 4.03. The van der Waals surface area contributed by atoms with Crippen molar-refractivity contribution >= 4 is 11.6 Å². The average molecular weight is 302 g/mol. The van der Waals surface area contributed by atoms with E-state index in [1.54, 1.807) is 6.20 Å². The molecular weight excluding hydrogens is 289 g/mol. The zero-order chi connectivity index (χ0) is 15.5. The van der Waals surface area contributed by atoms with Crippen molar-refractivity contribution in [1.82, 2.24) is 15.0 Å². The van der Waals surface area contributed by atoms with Gasteiger partial charge in [-0.15, -0.1) is 0 Å². The summed E-state index contributed by atoms with van der Waals surface area (Å²) in [5.41, 5.74) is 2.06. The standard InChI is InChI=1S/C11H13F3N6O/c1-2-6-4-17-9(21-6)5-16-7-3-8(20-15)19-10(18-7)11(12,13)14/h3-4H,2,5,15H2,1H3,(H2,16,18,19,20). The molecule has 10 heteroatoms. The molecule has 0 radical (unpaired) electrons. The minimum Gasteiger partial charge on any atom is -0.444 e. The van der Waals surface area contributed by atoms with Gasteiger partial charge in [-0.1, -0.05) is 6.92 Å². The van der Waals surface area contributed by atoms with Crippen LogP contribution in [0.2, 0.25) is 0 Å². The summed E-state index contributed by atoms with van der Waals surface area (Å²) in [7, 11) is 0. The van der Waals surface area contributed by atoms with Gasteiger partial charge in [0.15, 0.2) is 0 Å². The molecular formula is C11H13F3N6O. The van der Waals surface area contributed by atoms with Crippen LogP contribution < -0.4 is 16.6 Å². The van der Waals surface area contributed by atoms with Crippen LogP contribution in [0.4, 0.5) is 24.8 Å². The number of oxazole rings is 1.